The number of aryl methyl sites for hydroxylation is 1. The second-order valence-corrected chi connectivity index (χ2v) is 9.57. The largest absolute Gasteiger partial charge is 0.455 e. The van der Waals surface area contributed by atoms with Gasteiger partial charge in [-0.05, 0) is 55.8 Å². The van der Waals surface area contributed by atoms with Gasteiger partial charge in [0.05, 0.1) is 17.5 Å². The minimum Gasteiger partial charge on any atom is -0.455 e. The van der Waals surface area contributed by atoms with Crippen LogP contribution in [0.1, 0.15) is 40.4 Å². The number of sulfonamides is 1. The van der Waals surface area contributed by atoms with Crippen molar-refractivity contribution in [3.63, 3.8) is 0 Å². The molecule has 30 heavy (non-hydrogen) atoms. The molecule has 6 nitrogen and oxygen atoms in total. The third kappa shape index (κ3) is 5.11. The first-order valence-electron chi connectivity index (χ1n) is 9.35. The zero-order valence-corrected chi connectivity index (χ0v) is 18.5. The van der Waals surface area contributed by atoms with Gasteiger partial charge in [0.15, 0.2) is 5.76 Å². The molecule has 1 amide bonds. The van der Waals surface area contributed by atoms with Crippen LogP contribution < -0.4 is 5.32 Å². The molecule has 0 aliphatic heterocycles. The summed E-state index contributed by atoms with van der Waals surface area (Å²) in [6.45, 7) is 3.76. The van der Waals surface area contributed by atoms with Crippen LogP contribution in [-0.2, 0) is 16.6 Å². The van der Waals surface area contributed by atoms with Crippen molar-refractivity contribution in [3.8, 4) is 0 Å². The van der Waals surface area contributed by atoms with Gasteiger partial charge < -0.3 is 9.73 Å². The molecule has 0 bridgehead atoms. The van der Waals surface area contributed by atoms with E-state index in [-0.39, 0.29) is 29.1 Å². The lowest BCUT2D eigenvalue weighted by molar-refractivity contribution is 0.0909. The number of carbonyl (C=O) groups excluding carboxylic acids is 1. The highest BCUT2D eigenvalue weighted by Crippen LogP contribution is 2.20. The monoisotopic (exact) mass is 446 g/mol. The molecule has 0 aliphatic rings. The molecule has 0 saturated heterocycles. The van der Waals surface area contributed by atoms with Crippen molar-refractivity contribution in [2.45, 2.75) is 31.3 Å². The maximum atomic E-state index is 12.7. The van der Waals surface area contributed by atoms with Gasteiger partial charge in [0, 0.05) is 12.1 Å². The van der Waals surface area contributed by atoms with E-state index < -0.39 is 10.0 Å². The molecular weight excluding hydrogens is 424 g/mol. The Balaban J connectivity index is 1.66. The van der Waals surface area contributed by atoms with E-state index in [2.05, 4.69) is 5.32 Å². The Morgan fingerprint density at radius 1 is 1.07 bits per heavy atom. The van der Waals surface area contributed by atoms with Crippen molar-refractivity contribution in [2.24, 2.45) is 0 Å². The molecule has 1 aromatic heterocycles. The lowest BCUT2D eigenvalue weighted by Gasteiger charge is -2.16. The maximum absolute atomic E-state index is 12.7. The minimum atomic E-state index is -3.66. The zero-order valence-electron chi connectivity index (χ0n) is 16.9. The van der Waals surface area contributed by atoms with Gasteiger partial charge in [0.1, 0.15) is 5.76 Å². The summed E-state index contributed by atoms with van der Waals surface area (Å²) in [6, 6.07) is 16.7. The Morgan fingerprint density at radius 3 is 2.33 bits per heavy atom. The number of hydrogen-bond donors (Lipinski definition) is 1. The Morgan fingerprint density at radius 2 is 1.70 bits per heavy atom. The molecular formula is C22H23ClN2O4S. The molecule has 0 spiro atoms. The smallest absolute Gasteiger partial charge is 0.287 e. The van der Waals surface area contributed by atoms with Gasteiger partial charge >= 0.3 is 0 Å². The Bertz CT molecular complexity index is 1120. The molecule has 0 radical (unpaired) electrons. The standard InChI is InChI=1S/C22H23ClN2O4S/c1-15-4-11-20(12-5-15)30(27,28)25(3)14-19-10-13-21(29-19)22(26)24-16(2)17-6-8-18(23)9-7-17/h4-13,16H,14H2,1-3H3,(H,24,26)/t16-/m0/s1. The summed E-state index contributed by atoms with van der Waals surface area (Å²) < 4.78 is 32.2. The molecule has 1 N–H and O–H groups in total. The van der Waals surface area contributed by atoms with Gasteiger partial charge in [-0.25, -0.2) is 8.42 Å². The molecule has 0 saturated carbocycles. The molecule has 1 heterocycles. The average Bonchev–Trinajstić information content (AvgIpc) is 3.17. The first-order valence-corrected chi connectivity index (χ1v) is 11.2. The number of benzene rings is 2. The topological polar surface area (TPSA) is 79.6 Å². The van der Waals surface area contributed by atoms with E-state index in [0.29, 0.717) is 10.8 Å². The van der Waals surface area contributed by atoms with E-state index in [1.807, 2.05) is 26.0 Å². The van der Waals surface area contributed by atoms with Gasteiger partial charge in [0.2, 0.25) is 10.0 Å². The fourth-order valence-corrected chi connectivity index (χ4v) is 4.15. The number of carbonyl (C=O) groups is 1. The van der Waals surface area contributed by atoms with Crippen LogP contribution in [0, 0.1) is 6.92 Å². The fourth-order valence-electron chi connectivity index (χ4n) is 2.88. The number of nitrogens with one attached hydrogen (secondary N) is 1. The molecule has 158 valence electrons. The van der Waals surface area contributed by atoms with Gasteiger partial charge in [-0.2, -0.15) is 4.31 Å². The van der Waals surface area contributed by atoms with E-state index in [1.165, 1.54) is 17.4 Å². The van der Waals surface area contributed by atoms with Crippen LogP contribution in [0.4, 0.5) is 0 Å². The number of rotatable bonds is 7. The summed E-state index contributed by atoms with van der Waals surface area (Å²) in [5.41, 5.74) is 1.88. The molecule has 0 fully saturated rings. The molecule has 0 unspecified atom stereocenters. The van der Waals surface area contributed by atoms with Crippen molar-refractivity contribution >= 4 is 27.5 Å². The summed E-state index contributed by atoms with van der Waals surface area (Å²) in [5, 5.41) is 3.48. The van der Waals surface area contributed by atoms with Crippen molar-refractivity contribution in [2.75, 3.05) is 7.05 Å². The highest BCUT2D eigenvalue weighted by molar-refractivity contribution is 7.89. The van der Waals surface area contributed by atoms with Crippen LogP contribution in [-0.4, -0.2) is 25.7 Å². The van der Waals surface area contributed by atoms with Gasteiger partial charge in [-0.3, -0.25) is 4.79 Å². The molecule has 3 rings (SSSR count). The lowest BCUT2D eigenvalue weighted by Crippen LogP contribution is -2.27. The highest BCUT2D eigenvalue weighted by atomic mass is 35.5. The number of hydrogen-bond acceptors (Lipinski definition) is 4. The van der Waals surface area contributed by atoms with Crippen molar-refractivity contribution in [1.29, 1.82) is 0 Å². The van der Waals surface area contributed by atoms with Crippen LogP contribution in [0.3, 0.4) is 0 Å². The number of nitrogens with zero attached hydrogens (tertiary/aromatic N) is 1. The Labute approximate surface area is 181 Å². The number of halogens is 1. The normalized spacial score (nSPS) is 12.7. The Kier molecular flexibility index (Phi) is 6.65. The summed E-state index contributed by atoms with van der Waals surface area (Å²) in [4.78, 5) is 12.7. The van der Waals surface area contributed by atoms with Gasteiger partial charge in [-0.15, -0.1) is 0 Å². The summed E-state index contributed by atoms with van der Waals surface area (Å²) in [6.07, 6.45) is 0. The van der Waals surface area contributed by atoms with Crippen LogP contribution >= 0.6 is 11.6 Å². The molecule has 8 heteroatoms. The van der Waals surface area contributed by atoms with Crippen molar-refractivity contribution in [3.05, 3.63) is 88.3 Å². The van der Waals surface area contributed by atoms with Gasteiger partial charge in [-0.1, -0.05) is 41.4 Å². The van der Waals surface area contributed by atoms with E-state index in [9.17, 15) is 13.2 Å². The van der Waals surface area contributed by atoms with E-state index in [0.717, 1.165) is 11.1 Å². The molecule has 0 aliphatic carbocycles. The second kappa shape index (κ2) is 9.04. The first-order chi connectivity index (χ1) is 14.2. The third-order valence-corrected chi connectivity index (χ3v) is 6.78. The van der Waals surface area contributed by atoms with Crippen LogP contribution in [0.15, 0.2) is 70.0 Å². The SMILES string of the molecule is Cc1ccc(S(=O)(=O)N(C)Cc2ccc(C(=O)N[C@@H](C)c3ccc(Cl)cc3)o2)cc1. The third-order valence-electron chi connectivity index (χ3n) is 4.71. The number of furan rings is 1. The average molecular weight is 447 g/mol. The predicted octanol–water partition coefficient (Wildman–Crippen LogP) is 4.55. The van der Waals surface area contributed by atoms with Crippen molar-refractivity contribution < 1.29 is 17.6 Å². The fraction of sp³-hybridized carbons (Fsp3) is 0.227. The first kappa shape index (κ1) is 22.1. The zero-order chi connectivity index (χ0) is 21.9. The van der Waals surface area contributed by atoms with Crippen molar-refractivity contribution in [1.82, 2.24) is 9.62 Å². The van der Waals surface area contributed by atoms with Gasteiger partial charge in [0.25, 0.3) is 5.91 Å². The Hall–Kier alpha value is -2.61. The second-order valence-electron chi connectivity index (χ2n) is 7.09. The summed E-state index contributed by atoms with van der Waals surface area (Å²) in [7, 11) is -2.19. The molecule has 3 aromatic rings. The highest BCUT2D eigenvalue weighted by Gasteiger charge is 2.23. The molecule has 1 atom stereocenters. The summed E-state index contributed by atoms with van der Waals surface area (Å²) >= 11 is 5.89. The van der Waals surface area contributed by atoms with E-state index in [4.69, 9.17) is 16.0 Å². The summed E-state index contributed by atoms with van der Waals surface area (Å²) in [5.74, 6) is 0.108. The van der Waals surface area contributed by atoms with E-state index in [1.54, 1.807) is 42.5 Å². The molecule has 2 aromatic carbocycles. The van der Waals surface area contributed by atoms with Crippen LogP contribution in [0.5, 0.6) is 0 Å². The van der Waals surface area contributed by atoms with Crippen LogP contribution in [0.25, 0.3) is 0 Å². The lowest BCUT2D eigenvalue weighted by atomic mass is 10.1. The number of amides is 1. The quantitative estimate of drug-likeness (QED) is 0.577. The minimum absolute atomic E-state index is 0.0101. The predicted molar refractivity (Wildman–Crippen MR) is 116 cm³/mol. The van der Waals surface area contributed by atoms with E-state index >= 15 is 0 Å². The maximum Gasteiger partial charge on any atom is 0.287 e. The van der Waals surface area contributed by atoms with Crippen LogP contribution in [0.2, 0.25) is 5.02 Å².